The zero-order chi connectivity index (χ0) is 8.04. The number of hydrogen-bond acceptors (Lipinski definition) is 2. The van der Waals surface area contributed by atoms with Gasteiger partial charge in [0.25, 0.3) is 0 Å². The van der Waals surface area contributed by atoms with Crippen LogP contribution in [0.4, 0.5) is 0 Å². The zero-order valence-corrected chi connectivity index (χ0v) is 7.02. The third kappa shape index (κ3) is 2.97. The Balaban J connectivity index is 3.68. The molecule has 0 saturated heterocycles. The lowest BCUT2D eigenvalue weighted by Crippen LogP contribution is -2.23. The van der Waals surface area contributed by atoms with Crippen LogP contribution in [0.5, 0.6) is 0 Å². The monoisotopic (exact) mass is 144 g/mol. The lowest BCUT2D eigenvalue weighted by molar-refractivity contribution is -0.118. The highest BCUT2D eigenvalue weighted by Crippen LogP contribution is 2.17. The van der Waals surface area contributed by atoms with Crippen molar-refractivity contribution in [3.8, 4) is 0 Å². The third-order valence-corrected chi connectivity index (χ3v) is 1.73. The van der Waals surface area contributed by atoms with Crippen molar-refractivity contribution in [2.45, 2.75) is 27.2 Å². The molecule has 0 heterocycles. The first-order chi connectivity index (χ1) is 4.68. The van der Waals surface area contributed by atoms with Gasteiger partial charge in [0.1, 0.15) is 6.29 Å². The highest BCUT2D eigenvalue weighted by molar-refractivity contribution is 5.58. The number of carbonyl (C=O) groups excluding carboxylic acids is 1. The van der Waals surface area contributed by atoms with Crippen molar-refractivity contribution in [1.29, 1.82) is 0 Å². The minimum atomic E-state index is -0.268. The molecule has 0 amide bonds. The molecule has 60 valence electrons. The van der Waals surface area contributed by atoms with Crippen molar-refractivity contribution >= 4 is 6.29 Å². The Morgan fingerprint density at radius 1 is 1.50 bits per heavy atom. The van der Waals surface area contributed by atoms with Crippen molar-refractivity contribution in [3.05, 3.63) is 0 Å². The summed E-state index contributed by atoms with van der Waals surface area (Å²) in [5.41, 5.74) is -0.268. The Hall–Kier alpha value is -0.370. The van der Waals surface area contributed by atoms with Gasteiger partial charge in [-0.3, -0.25) is 0 Å². The predicted molar refractivity (Wildman–Crippen MR) is 41.0 cm³/mol. The van der Waals surface area contributed by atoms with E-state index in [4.69, 9.17) is 4.74 Å². The van der Waals surface area contributed by atoms with Crippen LogP contribution in [0.1, 0.15) is 27.2 Å². The maximum atomic E-state index is 10.5. The fraction of sp³-hybridized carbons (Fsp3) is 0.875. The van der Waals surface area contributed by atoms with Gasteiger partial charge in [-0.1, -0.05) is 13.8 Å². The fourth-order valence-electron chi connectivity index (χ4n) is 0.555. The lowest BCUT2D eigenvalue weighted by Gasteiger charge is -2.19. The summed E-state index contributed by atoms with van der Waals surface area (Å²) in [6.07, 6.45) is 1.82. The first kappa shape index (κ1) is 9.63. The highest BCUT2D eigenvalue weighted by Gasteiger charge is 2.20. The molecule has 0 aliphatic carbocycles. The maximum absolute atomic E-state index is 10.5. The van der Waals surface area contributed by atoms with E-state index < -0.39 is 0 Å². The van der Waals surface area contributed by atoms with Crippen LogP contribution in [-0.4, -0.2) is 19.5 Å². The number of rotatable bonds is 5. The molecular formula is C8H16O2. The molecule has 2 nitrogen and oxygen atoms in total. The number of aldehydes is 1. The normalized spacial score (nSPS) is 16.3. The van der Waals surface area contributed by atoms with Gasteiger partial charge in [0.2, 0.25) is 0 Å². The van der Waals surface area contributed by atoms with Crippen LogP contribution in [0.3, 0.4) is 0 Å². The number of carbonyl (C=O) groups is 1. The Morgan fingerprint density at radius 3 is 2.40 bits per heavy atom. The zero-order valence-electron chi connectivity index (χ0n) is 7.02. The summed E-state index contributed by atoms with van der Waals surface area (Å²) in [5.74, 6) is 0. The van der Waals surface area contributed by atoms with E-state index in [1.807, 2.05) is 20.8 Å². The van der Waals surface area contributed by atoms with Crippen molar-refractivity contribution in [3.63, 3.8) is 0 Å². The summed E-state index contributed by atoms with van der Waals surface area (Å²) in [7, 11) is 0. The van der Waals surface area contributed by atoms with Crippen molar-refractivity contribution in [1.82, 2.24) is 0 Å². The Labute approximate surface area is 62.6 Å². The van der Waals surface area contributed by atoms with Crippen LogP contribution in [0.15, 0.2) is 0 Å². The van der Waals surface area contributed by atoms with E-state index in [0.717, 1.165) is 12.7 Å². The molecule has 0 bridgehead atoms. The van der Waals surface area contributed by atoms with Crippen molar-refractivity contribution in [2.75, 3.05) is 13.2 Å². The van der Waals surface area contributed by atoms with Gasteiger partial charge in [0.15, 0.2) is 0 Å². The number of hydrogen-bond donors (Lipinski definition) is 0. The Kier molecular flexibility index (Phi) is 4.28. The first-order valence-electron chi connectivity index (χ1n) is 3.72. The van der Waals surface area contributed by atoms with E-state index >= 15 is 0 Å². The highest BCUT2D eigenvalue weighted by atomic mass is 16.5. The molecule has 0 aliphatic rings. The fourth-order valence-corrected chi connectivity index (χ4v) is 0.555. The molecule has 0 radical (unpaired) electrons. The van der Waals surface area contributed by atoms with Gasteiger partial charge in [-0.25, -0.2) is 0 Å². The number of ether oxygens (including phenoxy) is 1. The maximum Gasteiger partial charge on any atom is 0.128 e. The molecule has 0 aliphatic heterocycles. The minimum Gasteiger partial charge on any atom is -0.381 e. The second kappa shape index (κ2) is 4.45. The summed E-state index contributed by atoms with van der Waals surface area (Å²) in [6.45, 7) is 7.07. The van der Waals surface area contributed by atoms with Crippen LogP contribution in [0, 0.1) is 5.41 Å². The van der Waals surface area contributed by atoms with Gasteiger partial charge < -0.3 is 9.53 Å². The van der Waals surface area contributed by atoms with Gasteiger partial charge in [0.05, 0.1) is 6.61 Å². The largest absolute Gasteiger partial charge is 0.381 e. The van der Waals surface area contributed by atoms with Gasteiger partial charge in [-0.15, -0.1) is 0 Å². The van der Waals surface area contributed by atoms with E-state index in [2.05, 4.69) is 0 Å². The second-order valence-electron chi connectivity index (χ2n) is 2.76. The quantitative estimate of drug-likeness (QED) is 0.548. The first-order valence-corrected chi connectivity index (χ1v) is 3.72. The topological polar surface area (TPSA) is 26.3 Å². The Morgan fingerprint density at radius 2 is 2.10 bits per heavy atom. The molecule has 2 heteroatoms. The molecule has 0 spiro atoms. The van der Waals surface area contributed by atoms with E-state index in [1.165, 1.54) is 0 Å². The van der Waals surface area contributed by atoms with Crippen LogP contribution < -0.4 is 0 Å². The van der Waals surface area contributed by atoms with Crippen LogP contribution in [0.2, 0.25) is 0 Å². The smallest absolute Gasteiger partial charge is 0.128 e. The second-order valence-corrected chi connectivity index (χ2v) is 2.76. The average molecular weight is 144 g/mol. The third-order valence-electron chi connectivity index (χ3n) is 1.73. The predicted octanol–water partition coefficient (Wildman–Crippen LogP) is 1.64. The molecule has 10 heavy (non-hydrogen) atoms. The molecule has 0 aromatic heterocycles. The van der Waals surface area contributed by atoms with Crippen LogP contribution in [0.25, 0.3) is 0 Å². The van der Waals surface area contributed by atoms with Gasteiger partial charge in [-0.2, -0.15) is 0 Å². The van der Waals surface area contributed by atoms with E-state index in [-0.39, 0.29) is 5.41 Å². The van der Waals surface area contributed by atoms with E-state index in [9.17, 15) is 4.79 Å². The minimum absolute atomic E-state index is 0.268. The summed E-state index contributed by atoms with van der Waals surface area (Å²) in [6, 6.07) is 0. The van der Waals surface area contributed by atoms with Gasteiger partial charge in [-0.05, 0) is 13.3 Å². The molecule has 0 aromatic carbocycles. The average Bonchev–Trinajstić information content (AvgIpc) is 2.00. The summed E-state index contributed by atoms with van der Waals surface area (Å²) < 4.78 is 5.15. The summed E-state index contributed by atoms with van der Waals surface area (Å²) in [5, 5.41) is 0. The van der Waals surface area contributed by atoms with Crippen LogP contribution in [-0.2, 0) is 9.53 Å². The molecule has 0 N–H and O–H groups in total. The summed E-state index contributed by atoms with van der Waals surface area (Å²) >= 11 is 0. The van der Waals surface area contributed by atoms with Crippen LogP contribution >= 0.6 is 0 Å². The Bertz CT molecular complexity index is 101. The lowest BCUT2D eigenvalue weighted by atomic mass is 9.91. The molecule has 1 atom stereocenters. The SMILES string of the molecule is CCOCC(C)(C=O)CC. The van der Waals surface area contributed by atoms with Gasteiger partial charge in [0, 0.05) is 12.0 Å². The molecule has 0 saturated carbocycles. The molecule has 0 aromatic rings. The van der Waals surface area contributed by atoms with Crippen molar-refractivity contribution in [2.24, 2.45) is 5.41 Å². The molecule has 1 unspecified atom stereocenters. The van der Waals surface area contributed by atoms with E-state index in [0.29, 0.717) is 13.2 Å². The van der Waals surface area contributed by atoms with E-state index in [1.54, 1.807) is 0 Å². The standard InChI is InChI=1S/C8H16O2/c1-4-8(3,6-9)7-10-5-2/h6H,4-5,7H2,1-3H3. The van der Waals surface area contributed by atoms with Crippen molar-refractivity contribution < 1.29 is 9.53 Å². The molecular weight excluding hydrogens is 128 g/mol. The van der Waals surface area contributed by atoms with Gasteiger partial charge >= 0.3 is 0 Å². The molecule has 0 rings (SSSR count). The summed E-state index contributed by atoms with van der Waals surface area (Å²) in [4.78, 5) is 10.5. The molecule has 0 fully saturated rings.